The molecule has 0 fully saturated rings. The summed E-state index contributed by atoms with van der Waals surface area (Å²) >= 11 is 5.15. The van der Waals surface area contributed by atoms with Crippen molar-refractivity contribution in [3.63, 3.8) is 0 Å². The van der Waals surface area contributed by atoms with Crippen LogP contribution < -0.4 is 11.5 Å². The quantitative estimate of drug-likeness (QED) is 0.626. The molecule has 3 nitrogen and oxygen atoms in total. The molecule has 1 aromatic rings. The molecule has 1 atom stereocenters. The van der Waals surface area contributed by atoms with Gasteiger partial charge in [0, 0.05) is 9.37 Å². The maximum Gasteiger partial charge on any atom is 0.237 e. The Balaban J connectivity index is 2.29. The molecule has 17 heavy (non-hydrogen) atoms. The van der Waals surface area contributed by atoms with Crippen LogP contribution in [0.15, 0.2) is 33.6 Å². The van der Waals surface area contributed by atoms with E-state index >= 15 is 0 Å². The third-order valence-electron chi connectivity index (χ3n) is 2.49. The van der Waals surface area contributed by atoms with Crippen molar-refractivity contribution in [2.45, 2.75) is 30.2 Å². The lowest BCUT2D eigenvalue weighted by atomic mass is 9.97. The lowest BCUT2D eigenvalue weighted by molar-refractivity contribution is -0.122. The third kappa shape index (κ3) is 5.10. The normalized spacial score (nSPS) is 14.3. The van der Waals surface area contributed by atoms with Gasteiger partial charge in [0.25, 0.3) is 0 Å². The number of amides is 1. The Morgan fingerprint density at radius 2 is 2.00 bits per heavy atom. The Hall–Kier alpha value is -0.520. The van der Waals surface area contributed by atoms with E-state index in [1.165, 1.54) is 4.90 Å². The standard InChI is InChI=1S/C12H17BrN2OS/c1-12(15,11(14)16)7-2-8-17-10-5-3-9(13)4-6-10/h3-6H,2,7-8,15H2,1H3,(H2,14,16). The predicted molar refractivity (Wildman–Crippen MR) is 75.9 cm³/mol. The van der Waals surface area contributed by atoms with Crippen molar-refractivity contribution in [2.75, 3.05) is 5.75 Å². The molecule has 0 bridgehead atoms. The van der Waals surface area contributed by atoms with Crippen LogP contribution in [-0.2, 0) is 4.79 Å². The fourth-order valence-corrected chi connectivity index (χ4v) is 2.40. The lowest BCUT2D eigenvalue weighted by Gasteiger charge is -2.19. The molecule has 0 spiro atoms. The highest BCUT2D eigenvalue weighted by molar-refractivity contribution is 9.10. The largest absolute Gasteiger partial charge is 0.368 e. The van der Waals surface area contributed by atoms with E-state index in [9.17, 15) is 4.79 Å². The van der Waals surface area contributed by atoms with E-state index < -0.39 is 11.4 Å². The van der Waals surface area contributed by atoms with Crippen molar-refractivity contribution in [3.05, 3.63) is 28.7 Å². The highest BCUT2D eigenvalue weighted by Gasteiger charge is 2.24. The maximum absolute atomic E-state index is 11.0. The first-order chi connectivity index (χ1) is 7.92. The zero-order valence-corrected chi connectivity index (χ0v) is 12.2. The van der Waals surface area contributed by atoms with Crippen molar-refractivity contribution >= 4 is 33.6 Å². The highest BCUT2D eigenvalue weighted by Crippen LogP contribution is 2.22. The number of rotatable bonds is 6. The number of carbonyl (C=O) groups is 1. The van der Waals surface area contributed by atoms with Crippen molar-refractivity contribution in [1.29, 1.82) is 0 Å². The van der Waals surface area contributed by atoms with E-state index in [0.717, 1.165) is 16.6 Å². The molecule has 1 rings (SSSR count). The summed E-state index contributed by atoms with van der Waals surface area (Å²) in [7, 11) is 0. The van der Waals surface area contributed by atoms with Crippen LogP contribution in [0.25, 0.3) is 0 Å². The monoisotopic (exact) mass is 316 g/mol. The number of halogens is 1. The molecule has 0 aliphatic rings. The van der Waals surface area contributed by atoms with Gasteiger partial charge in [0.1, 0.15) is 0 Å². The Labute approximate surface area is 114 Å². The smallest absolute Gasteiger partial charge is 0.237 e. The van der Waals surface area contributed by atoms with Crippen molar-refractivity contribution in [1.82, 2.24) is 0 Å². The van der Waals surface area contributed by atoms with Crippen LogP contribution in [-0.4, -0.2) is 17.2 Å². The maximum atomic E-state index is 11.0. The van der Waals surface area contributed by atoms with Crippen LogP contribution in [0.1, 0.15) is 19.8 Å². The van der Waals surface area contributed by atoms with E-state index in [1.807, 2.05) is 12.1 Å². The number of nitrogens with two attached hydrogens (primary N) is 2. The second-order valence-corrected chi connectivity index (χ2v) is 6.27. The molecule has 0 heterocycles. The summed E-state index contributed by atoms with van der Waals surface area (Å²) in [4.78, 5) is 12.2. The third-order valence-corrected chi connectivity index (χ3v) is 4.11. The van der Waals surface area contributed by atoms with E-state index in [0.29, 0.717) is 6.42 Å². The topological polar surface area (TPSA) is 69.1 Å². The molecule has 4 N–H and O–H groups in total. The molecule has 0 radical (unpaired) electrons. The van der Waals surface area contributed by atoms with E-state index in [-0.39, 0.29) is 0 Å². The van der Waals surface area contributed by atoms with Gasteiger partial charge in [-0.3, -0.25) is 4.79 Å². The van der Waals surface area contributed by atoms with Gasteiger partial charge in [-0.15, -0.1) is 11.8 Å². The summed E-state index contributed by atoms with van der Waals surface area (Å²) in [6, 6.07) is 8.15. The van der Waals surface area contributed by atoms with Crippen LogP contribution in [0.2, 0.25) is 0 Å². The van der Waals surface area contributed by atoms with Crippen LogP contribution in [0, 0.1) is 0 Å². The predicted octanol–water partition coefficient (Wildman–Crippen LogP) is 2.52. The molecule has 0 aliphatic heterocycles. The molecule has 0 saturated carbocycles. The van der Waals surface area contributed by atoms with Gasteiger partial charge in [0.2, 0.25) is 5.91 Å². The SMILES string of the molecule is CC(N)(CCCSc1ccc(Br)cc1)C(N)=O. The Kier molecular flexibility index (Phi) is 5.49. The molecule has 1 amide bonds. The van der Waals surface area contributed by atoms with Crippen molar-refractivity contribution in [3.8, 4) is 0 Å². The van der Waals surface area contributed by atoms with Gasteiger partial charge in [-0.1, -0.05) is 15.9 Å². The van der Waals surface area contributed by atoms with Gasteiger partial charge < -0.3 is 11.5 Å². The van der Waals surface area contributed by atoms with E-state index in [4.69, 9.17) is 11.5 Å². The summed E-state index contributed by atoms with van der Waals surface area (Å²) in [5, 5.41) is 0. The average molecular weight is 317 g/mol. The first-order valence-corrected chi connectivity index (χ1v) is 7.17. The van der Waals surface area contributed by atoms with Gasteiger partial charge >= 0.3 is 0 Å². The van der Waals surface area contributed by atoms with Crippen LogP contribution >= 0.6 is 27.7 Å². The zero-order chi connectivity index (χ0) is 12.9. The summed E-state index contributed by atoms with van der Waals surface area (Å²) in [5.74, 6) is 0.493. The first-order valence-electron chi connectivity index (χ1n) is 5.39. The van der Waals surface area contributed by atoms with Crippen molar-refractivity contribution in [2.24, 2.45) is 11.5 Å². The molecule has 0 aromatic heterocycles. The molecular weight excluding hydrogens is 300 g/mol. The number of thioether (sulfide) groups is 1. The van der Waals surface area contributed by atoms with E-state index in [1.54, 1.807) is 18.7 Å². The van der Waals surface area contributed by atoms with E-state index in [2.05, 4.69) is 28.1 Å². The minimum Gasteiger partial charge on any atom is -0.368 e. The number of benzene rings is 1. The molecule has 0 saturated heterocycles. The van der Waals surface area contributed by atoms with Gasteiger partial charge in [-0.2, -0.15) is 0 Å². The van der Waals surface area contributed by atoms with Crippen LogP contribution in [0.4, 0.5) is 0 Å². The molecule has 94 valence electrons. The van der Waals surface area contributed by atoms with Crippen LogP contribution in [0.5, 0.6) is 0 Å². The second kappa shape index (κ2) is 6.42. The zero-order valence-electron chi connectivity index (χ0n) is 9.78. The van der Waals surface area contributed by atoms with Gasteiger partial charge in [-0.05, 0) is 49.8 Å². The summed E-state index contributed by atoms with van der Waals surface area (Å²) < 4.78 is 1.07. The minimum atomic E-state index is -0.889. The second-order valence-electron chi connectivity index (χ2n) is 4.19. The summed E-state index contributed by atoms with van der Waals surface area (Å²) in [6.07, 6.45) is 1.49. The minimum absolute atomic E-state index is 0.439. The summed E-state index contributed by atoms with van der Waals surface area (Å²) in [5.41, 5.74) is 10.1. The molecular formula is C12H17BrN2OS. The van der Waals surface area contributed by atoms with Gasteiger partial charge in [0.05, 0.1) is 5.54 Å². The van der Waals surface area contributed by atoms with Crippen molar-refractivity contribution < 1.29 is 4.79 Å². The molecule has 1 aromatic carbocycles. The number of carbonyl (C=O) groups excluding carboxylic acids is 1. The fraction of sp³-hybridized carbons (Fsp3) is 0.417. The Bertz CT molecular complexity index is 379. The molecule has 5 heteroatoms. The first kappa shape index (κ1) is 14.5. The van der Waals surface area contributed by atoms with Gasteiger partial charge in [-0.25, -0.2) is 0 Å². The Morgan fingerprint density at radius 1 is 1.41 bits per heavy atom. The molecule has 0 aliphatic carbocycles. The Morgan fingerprint density at radius 3 is 2.53 bits per heavy atom. The van der Waals surface area contributed by atoms with Gasteiger partial charge in [0.15, 0.2) is 0 Å². The fourth-order valence-electron chi connectivity index (χ4n) is 1.28. The molecule has 1 unspecified atom stereocenters. The number of hydrogen-bond acceptors (Lipinski definition) is 3. The lowest BCUT2D eigenvalue weighted by Crippen LogP contribution is -2.49. The highest BCUT2D eigenvalue weighted by atomic mass is 79.9. The van der Waals surface area contributed by atoms with Crippen LogP contribution in [0.3, 0.4) is 0 Å². The number of primary amides is 1. The summed E-state index contributed by atoms with van der Waals surface area (Å²) in [6.45, 7) is 1.68. The number of hydrogen-bond donors (Lipinski definition) is 2. The average Bonchev–Trinajstić information content (AvgIpc) is 2.26.